The molecule has 0 saturated heterocycles. The standard InChI is InChI=1S/C25H39NO2S/c1-5-6-7-12-20-17-23(27)22(16-15-19(4)11-8-10-18(2)3)24(28)25(20)29-26-21-13-9-14-21/h10,15,17,21,26-28H,5-9,11-14,16H2,1-4H3/b19-15+. The van der Waals surface area contributed by atoms with Crippen molar-refractivity contribution in [3.8, 4) is 11.5 Å². The third-order valence-electron chi connectivity index (χ3n) is 5.64. The van der Waals surface area contributed by atoms with Crippen LogP contribution >= 0.6 is 11.9 Å². The first-order chi connectivity index (χ1) is 13.9. The molecule has 0 atom stereocenters. The Balaban J connectivity index is 2.16. The quantitative estimate of drug-likeness (QED) is 0.191. The zero-order chi connectivity index (χ0) is 21.2. The molecule has 1 aliphatic carbocycles. The van der Waals surface area contributed by atoms with Gasteiger partial charge in [0, 0.05) is 11.6 Å². The highest BCUT2D eigenvalue weighted by Crippen LogP contribution is 2.41. The van der Waals surface area contributed by atoms with Crippen molar-refractivity contribution < 1.29 is 10.2 Å². The summed E-state index contributed by atoms with van der Waals surface area (Å²) in [5.74, 6) is 0.469. The smallest absolute Gasteiger partial charge is 0.137 e. The molecule has 0 bridgehead atoms. The number of benzene rings is 1. The van der Waals surface area contributed by atoms with E-state index in [2.05, 4.69) is 44.6 Å². The van der Waals surface area contributed by atoms with Crippen LogP contribution in [0.3, 0.4) is 0 Å². The van der Waals surface area contributed by atoms with Gasteiger partial charge >= 0.3 is 0 Å². The number of aryl methyl sites for hydroxylation is 1. The lowest BCUT2D eigenvalue weighted by atomic mass is 9.94. The summed E-state index contributed by atoms with van der Waals surface area (Å²) in [6.45, 7) is 8.56. The Morgan fingerprint density at radius 3 is 2.55 bits per heavy atom. The van der Waals surface area contributed by atoms with Gasteiger partial charge < -0.3 is 10.2 Å². The van der Waals surface area contributed by atoms with Gasteiger partial charge in [-0.05, 0) is 89.3 Å². The molecule has 0 amide bonds. The highest BCUT2D eigenvalue weighted by molar-refractivity contribution is 7.97. The van der Waals surface area contributed by atoms with Gasteiger partial charge in [-0.1, -0.05) is 49.5 Å². The number of allylic oxidation sites excluding steroid dienone is 4. The first-order valence-corrected chi connectivity index (χ1v) is 12.0. The molecule has 1 aromatic carbocycles. The molecule has 0 spiro atoms. The first kappa shape index (κ1) is 23.9. The van der Waals surface area contributed by atoms with Gasteiger partial charge in [0.1, 0.15) is 11.5 Å². The van der Waals surface area contributed by atoms with E-state index in [-0.39, 0.29) is 11.5 Å². The summed E-state index contributed by atoms with van der Waals surface area (Å²) in [5, 5.41) is 21.6. The van der Waals surface area contributed by atoms with Gasteiger partial charge in [-0.15, -0.1) is 0 Å². The number of hydrogen-bond donors (Lipinski definition) is 3. The summed E-state index contributed by atoms with van der Waals surface area (Å²) in [4.78, 5) is 0.899. The van der Waals surface area contributed by atoms with Crippen LogP contribution in [0.25, 0.3) is 0 Å². The van der Waals surface area contributed by atoms with E-state index in [0.29, 0.717) is 18.0 Å². The SMILES string of the molecule is CCCCCc1cc(O)c(C/C=C(\C)CCC=C(C)C)c(O)c1SNC1CCC1. The molecule has 4 heteroatoms. The average molecular weight is 418 g/mol. The van der Waals surface area contributed by atoms with Crippen molar-refractivity contribution >= 4 is 11.9 Å². The topological polar surface area (TPSA) is 52.5 Å². The number of phenolic OH excluding ortho intramolecular Hbond substituents is 2. The maximum atomic E-state index is 11.0. The lowest BCUT2D eigenvalue weighted by Gasteiger charge is -2.26. The van der Waals surface area contributed by atoms with Crippen molar-refractivity contribution in [2.24, 2.45) is 0 Å². The molecule has 162 valence electrons. The fourth-order valence-electron chi connectivity index (χ4n) is 3.43. The van der Waals surface area contributed by atoms with Crippen LogP contribution < -0.4 is 4.72 Å². The van der Waals surface area contributed by atoms with E-state index < -0.39 is 0 Å². The summed E-state index contributed by atoms with van der Waals surface area (Å²) in [5.41, 5.74) is 4.32. The average Bonchev–Trinajstić information content (AvgIpc) is 2.62. The molecule has 0 radical (unpaired) electrons. The molecule has 1 aliphatic rings. The molecule has 3 nitrogen and oxygen atoms in total. The van der Waals surface area contributed by atoms with Crippen LogP contribution in [0, 0.1) is 0 Å². The molecule has 0 aliphatic heterocycles. The van der Waals surface area contributed by atoms with E-state index in [1.807, 2.05) is 6.07 Å². The van der Waals surface area contributed by atoms with Crippen molar-refractivity contribution in [1.82, 2.24) is 4.72 Å². The van der Waals surface area contributed by atoms with Gasteiger partial charge in [-0.3, -0.25) is 4.72 Å². The number of aromatic hydroxyl groups is 2. The number of phenols is 2. The molecular formula is C25H39NO2S. The first-order valence-electron chi connectivity index (χ1n) is 11.2. The van der Waals surface area contributed by atoms with E-state index in [4.69, 9.17) is 0 Å². The van der Waals surface area contributed by atoms with Crippen molar-refractivity contribution in [2.45, 2.75) is 103 Å². The van der Waals surface area contributed by atoms with Gasteiger partial charge in [0.05, 0.1) is 4.90 Å². The highest BCUT2D eigenvalue weighted by atomic mass is 32.2. The van der Waals surface area contributed by atoms with Crippen LogP contribution in [0.2, 0.25) is 0 Å². The molecule has 0 unspecified atom stereocenters. The van der Waals surface area contributed by atoms with Gasteiger partial charge in [-0.2, -0.15) is 0 Å². The van der Waals surface area contributed by atoms with Crippen LogP contribution in [0.1, 0.15) is 90.2 Å². The normalized spacial score (nSPS) is 14.7. The number of nitrogens with one attached hydrogen (secondary N) is 1. The predicted molar refractivity (Wildman–Crippen MR) is 126 cm³/mol. The number of unbranched alkanes of at least 4 members (excludes halogenated alkanes) is 2. The second-order valence-electron chi connectivity index (χ2n) is 8.59. The third-order valence-corrected chi connectivity index (χ3v) is 6.75. The van der Waals surface area contributed by atoms with Gasteiger partial charge in [0.15, 0.2) is 0 Å². The summed E-state index contributed by atoms with van der Waals surface area (Å²) >= 11 is 1.55. The highest BCUT2D eigenvalue weighted by Gasteiger charge is 2.21. The summed E-state index contributed by atoms with van der Waals surface area (Å²) in [6.07, 6.45) is 15.0. The summed E-state index contributed by atoms with van der Waals surface area (Å²) < 4.78 is 3.51. The lowest BCUT2D eigenvalue weighted by molar-refractivity contribution is 0.394. The summed E-state index contributed by atoms with van der Waals surface area (Å²) in [6, 6.07) is 2.42. The molecule has 1 fully saturated rings. The fraction of sp³-hybridized carbons (Fsp3) is 0.600. The van der Waals surface area contributed by atoms with E-state index in [1.165, 1.54) is 30.4 Å². The minimum atomic E-state index is 0.218. The van der Waals surface area contributed by atoms with E-state index in [1.54, 1.807) is 11.9 Å². The second-order valence-corrected chi connectivity index (χ2v) is 9.44. The molecular weight excluding hydrogens is 378 g/mol. The Morgan fingerprint density at radius 1 is 1.17 bits per heavy atom. The molecule has 2 rings (SSSR count). The fourth-order valence-corrected chi connectivity index (χ4v) is 4.46. The Morgan fingerprint density at radius 2 is 1.93 bits per heavy atom. The van der Waals surface area contributed by atoms with E-state index in [9.17, 15) is 10.2 Å². The van der Waals surface area contributed by atoms with Crippen LogP contribution in [-0.2, 0) is 12.8 Å². The van der Waals surface area contributed by atoms with E-state index in [0.717, 1.165) is 49.0 Å². The zero-order valence-electron chi connectivity index (χ0n) is 18.7. The second kappa shape index (κ2) is 12.3. The maximum absolute atomic E-state index is 11.0. The van der Waals surface area contributed by atoms with E-state index >= 15 is 0 Å². The minimum Gasteiger partial charge on any atom is -0.508 e. The lowest BCUT2D eigenvalue weighted by Crippen LogP contribution is -2.30. The number of rotatable bonds is 12. The molecule has 3 N–H and O–H groups in total. The van der Waals surface area contributed by atoms with Gasteiger partial charge in [-0.25, -0.2) is 0 Å². The zero-order valence-corrected chi connectivity index (χ0v) is 19.5. The Hall–Kier alpha value is -1.39. The van der Waals surface area contributed by atoms with Crippen LogP contribution in [0.15, 0.2) is 34.3 Å². The Bertz CT molecular complexity index is 716. The molecule has 1 aromatic rings. The van der Waals surface area contributed by atoms with Crippen LogP contribution in [-0.4, -0.2) is 16.3 Å². The van der Waals surface area contributed by atoms with Crippen molar-refractivity contribution in [1.29, 1.82) is 0 Å². The third kappa shape index (κ3) is 7.75. The van der Waals surface area contributed by atoms with Crippen molar-refractivity contribution in [2.75, 3.05) is 0 Å². The van der Waals surface area contributed by atoms with Gasteiger partial charge in [0.2, 0.25) is 0 Å². The van der Waals surface area contributed by atoms with Crippen LogP contribution in [0.5, 0.6) is 11.5 Å². The Kier molecular flexibility index (Phi) is 10.2. The van der Waals surface area contributed by atoms with Gasteiger partial charge in [0.25, 0.3) is 0 Å². The number of hydrogen-bond acceptors (Lipinski definition) is 4. The van der Waals surface area contributed by atoms with Crippen LogP contribution in [0.4, 0.5) is 0 Å². The van der Waals surface area contributed by atoms with Crippen molar-refractivity contribution in [3.05, 3.63) is 40.5 Å². The Labute approximate surface area is 181 Å². The molecule has 29 heavy (non-hydrogen) atoms. The minimum absolute atomic E-state index is 0.218. The predicted octanol–water partition coefficient (Wildman–Crippen LogP) is 7.21. The molecule has 0 heterocycles. The van der Waals surface area contributed by atoms with Crippen molar-refractivity contribution in [3.63, 3.8) is 0 Å². The monoisotopic (exact) mass is 417 g/mol. The molecule has 0 aromatic heterocycles. The summed E-state index contributed by atoms with van der Waals surface area (Å²) in [7, 11) is 0. The largest absolute Gasteiger partial charge is 0.508 e. The molecule has 1 saturated carbocycles. The maximum Gasteiger partial charge on any atom is 0.137 e.